The fourth-order valence-electron chi connectivity index (χ4n) is 3.23. The van der Waals surface area contributed by atoms with E-state index >= 15 is 0 Å². The maximum Gasteiger partial charge on any atom is 0.119 e. The number of hydrogen-bond donors (Lipinski definition) is 1. The zero-order valence-electron chi connectivity index (χ0n) is 14.3. The Bertz CT molecular complexity index is 381. The molecule has 1 aromatic rings. The first-order valence-electron chi connectivity index (χ1n) is 9.31. The van der Waals surface area contributed by atoms with Gasteiger partial charge in [-0.1, -0.05) is 57.6 Å². The molecule has 1 saturated carbocycles. The molecule has 2 nitrogen and oxygen atoms in total. The van der Waals surface area contributed by atoms with Crippen LogP contribution in [0.4, 0.5) is 0 Å². The van der Waals surface area contributed by atoms with Crippen LogP contribution in [0.5, 0.6) is 5.75 Å². The van der Waals surface area contributed by atoms with Gasteiger partial charge in [-0.25, -0.2) is 0 Å². The summed E-state index contributed by atoms with van der Waals surface area (Å²) < 4.78 is 5.79. The van der Waals surface area contributed by atoms with Crippen LogP contribution in [-0.4, -0.2) is 13.2 Å². The third kappa shape index (κ3) is 6.83. The third-order valence-electron chi connectivity index (χ3n) is 4.68. The number of rotatable bonds is 10. The van der Waals surface area contributed by atoms with Crippen molar-refractivity contribution in [2.24, 2.45) is 5.92 Å². The van der Waals surface area contributed by atoms with Crippen LogP contribution in [0.2, 0.25) is 0 Å². The van der Waals surface area contributed by atoms with E-state index in [2.05, 4.69) is 36.5 Å². The van der Waals surface area contributed by atoms with E-state index in [1.165, 1.54) is 69.9 Å². The molecule has 0 bridgehead atoms. The Kier molecular flexibility index (Phi) is 8.40. The van der Waals surface area contributed by atoms with E-state index in [1.807, 2.05) is 0 Å². The molecule has 1 aromatic carbocycles. The summed E-state index contributed by atoms with van der Waals surface area (Å²) in [6, 6.07) is 8.60. The van der Waals surface area contributed by atoms with Gasteiger partial charge in [0.15, 0.2) is 0 Å². The van der Waals surface area contributed by atoms with Gasteiger partial charge in [-0.15, -0.1) is 0 Å². The minimum Gasteiger partial charge on any atom is -0.494 e. The highest BCUT2D eigenvalue weighted by Gasteiger charge is 2.12. The van der Waals surface area contributed by atoms with E-state index in [4.69, 9.17) is 4.74 Å². The van der Waals surface area contributed by atoms with Crippen LogP contribution in [0, 0.1) is 5.92 Å². The number of unbranched alkanes of at least 4 members (excludes halogenated alkanes) is 3. The Labute approximate surface area is 136 Å². The van der Waals surface area contributed by atoms with Crippen molar-refractivity contribution in [3.8, 4) is 5.75 Å². The van der Waals surface area contributed by atoms with Gasteiger partial charge >= 0.3 is 0 Å². The van der Waals surface area contributed by atoms with E-state index in [0.717, 1.165) is 24.8 Å². The average molecular weight is 303 g/mol. The summed E-state index contributed by atoms with van der Waals surface area (Å²) in [5.74, 6) is 1.91. The smallest absolute Gasteiger partial charge is 0.119 e. The molecule has 2 heteroatoms. The summed E-state index contributed by atoms with van der Waals surface area (Å²) >= 11 is 0. The summed E-state index contributed by atoms with van der Waals surface area (Å²) in [5, 5.41) is 3.62. The summed E-state index contributed by atoms with van der Waals surface area (Å²) in [5.41, 5.74) is 1.36. The van der Waals surface area contributed by atoms with Crippen LogP contribution in [0.15, 0.2) is 24.3 Å². The fourth-order valence-corrected chi connectivity index (χ4v) is 3.23. The summed E-state index contributed by atoms with van der Waals surface area (Å²) in [7, 11) is 0. The number of benzene rings is 1. The van der Waals surface area contributed by atoms with Crippen LogP contribution in [-0.2, 0) is 6.54 Å². The molecule has 22 heavy (non-hydrogen) atoms. The molecule has 0 saturated heterocycles. The second-order valence-corrected chi connectivity index (χ2v) is 6.69. The molecule has 0 spiro atoms. The predicted octanol–water partition coefficient (Wildman–Crippen LogP) is 5.32. The lowest BCUT2D eigenvalue weighted by Crippen LogP contribution is -2.24. The van der Waals surface area contributed by atoms with Gasteiger partial charge in [0.1, 0.15) is 5.75 Å². The van der Waals surface area contributed by atoms with Crippen molar-refractivity contribution < 1.29 is 4.74 Å². The van der Waals surface area contributed by atoms with Gasteiger partial charge in [-0.05, 0) is 49.4 Å². The first-order valence-corrected chi connectivity index (χ1v) is 9.31. The lowest BCUT2D eigenvalue weighted by Gasteiger charge is -2.21. The quantitative estimate of drug-likeness (QED) is 0.591. The Morgan fingerprint density at radius 3 is 2.50 bits per heavy atom. The molecular weight excluding hydrogens is 270 g/mol. The second kappa shape index (κ2) is 10.7. The van der Waals surface area contributed by atoms with Gasteiger partial charge in [0.2, 0.25) is 0 Å². The van der Waals surface area contributed by atoms with Gasteiger partial charge in [-0.3, -0.25) is 0 Å². The molecule has 0 aliphatic heterocycles. The zero-order valence-corrected chi connectivity index (χ0v) is 14.3. The minimum absolute atomic E-state index is 0.847. The predicted molar refractivity (Wildman–Crippen MR) is 94.4 cm³/mol. The first kappa shape index (κ1) is 17.3. The Morgan fingerprint density at radius 1 is 1.00 bits per heavy atom. The molecule has 124 valence electrons. The first-order chi connectivity index (χ1) is 10.9. The summed E-state index contributed by atoms with van der Waals surface area (Å²) in [6.07, 6.45) is 12.2. The highest BCUT2D eigenvalue weighted by molar-refractivity contribution is 5.27. The van der Waals surface area contributed by atoms with Gasteiger partial charge < -0.3 is 10.1 Å². The maximum atomic E-state index is 5.79. The highest BCUT2D eigenvalue weighted by atomic mass is 16.5. The van der Waals surface area contributed by atoms with Crippen molar-refractivity contribution in [3.05, 3.63) is 29.8 Å². The molecule has 0 unspecified atom stereocenters. The molecule has 0 atom stereocenters. The molecule has 0 amide bonds. The maximum absolute atomic E-state index is 5.79. The van der Waals surface area contributed by atoms with Crippen molar-refractivity contribution in [1.29, 1.82) is 0 Å². The van der Waals surface area contributed by atoms with E-state index in [1.54, 1.807) is 0 Å². The molecule has 0 radical (unpaired) electrons. The van der Waals surface area contributed by atoms with Gasteiger partial charge in [0.25, 0.3) is 0 Å². The van der Waals surface area contributed by atoms with Crippen molar-refractivity contribution in [3.63, 3.8) is 0 Å². The largest absolute Gasteiger partial charge is 0.494 e. The van der Waals surface area contributed by atoms with Crippen molar-refractivity contribution >= 4 is 0 Å². The Morgan fingerprint density at radius 2 is 1.77 bits per heavy atom. The summed E-state index contributed by atoms with van der Waals surface area (Å²) in [4.78, 5) is 0. The molecule has 1 N–H and O–H groups in total. The van der Waals surface area contributed by atoms with Crippen molar-refractivity contribution in [1.82, 2.24) is 5.32 Å². The van der Waals surface area contributed by atoms with Crippen molar-refractivity contribution in [2.45, 2.75) is 71.3 Å². The van der Waals surface area contributed by atoms with Crippen LogP contribution < -0.4 is 10.1 Å². The van der Waals surface area contributed by atoms with E-state index in [-0.39, 0.29) is 0 Å². The Hall–Kier alpha value is -1.02. The van der Waals surface area contributed by atoms with Gasteiger partial charge in [0, 0.05) is 6.54 Å². The zero-order chi connectivity index (χ0) is 15.5. The SMILES string of the molecule is CCCCCCOc1ccc(CNCC2CCCCC2)cc1. The third-order valence-corrected chi connectivity index (χ3v) is 4.68. The standard InChI is InChI=1S/C20H33NO/c1-2-3-4-8-15-22-20-13-11-19(12-14-20)17-21-16-18-9-6-5-7-10-18/h11-14,18,21H,2-10,15-17H2,1H3. The average Bonchev–Trinajstić information content (AvgIpc) is 2.57. The van der Waals surface area contributed by atoms with Crippen LogP contribution in [0.25, 0.3) is 0 Å². The van der Waals surface area contributed by atoms with Crippen LogP contribution >= 0.6 is 0 Å². The minimum atomic E-state index is 0.847. The van der Waals surface area contributed by atoms with Crippen LogP contribution in [0.1, 0.15) is 70.3 Å². The lowest BCUT2D eigenvalue weighted by molar-refractivity contribution is 0.305. The number of nitrogens with one attached hydrogen (secondary N) is 1. The fraction of sp³-hybridized carbons (Fsp3) is 0.700. The molecule has 1 aliphatic carbocycles. The molecule has 2 rings (SSSR count). The highest BCUT2D eigenvalue weighted by Crippen LogP contribution is 2.22. The van der Waals surface area contributed by atoms with Gasteiger partial charge in [-0.2, -0.15) is 0 Å². The monoisotopic (exact) mass is 303 g/mol. The molecule has 1 aliphatic rings. The molecule has 0 heterocycles. The normalized spacial score (nSPS) is 15.9. The molecule has 0 aromatic heterocycles. The van der Waals surface area contributed by atoms with E-state index in [0.29, 0.717) is 0 Å². The second-order valence-electron chi connectivity index (χ2n) is 6.69. The van der Waals surface area contributed by atoms with E-state index in [9.17, 15) is 0 Å². The van der Waals surface area contributed by atoms with Gasteiger partial charge in [0.05, 0.1) is 6.61 Å². The summed E-state index contributed by atoms with van der Waals surface area (Å²) in [6.45, 7) is 5.24. The number of ether oxygens (including phenoxy) is 1. The Balaban J connectivity index is 1.59. The lowest BCUT2D eigenvalue weighted by atomic mass is 9.89. The van der Waals surface area contributed by atoms with Crippen LogP contribution in [0.3, 0.4) is 0 Å². The van der Waals surface area contributed by atoms with Crippen molar-refractivity contribution in [2.75, 3.05) is 13.2 Å². The van der Waals surface area contributed by atoms with E-state index < -0.39 is 0 Å². The topological polar surface area (TPSA) is 21.3 Å². The molecule has 1 fully saturated rings. The molecular formula is C20H33NO. The number of hydrogen-bond acceptors (Lipinski definition) is 2.